The predicted molar refractivity (Wildman–Crippen MR) is 57.8 cm³/mol. The Labute approximate surface area is 82.7 Å². The lowest BCUT2D eigenvalue weighted by Gasteiger charge is -2.08. The van der Waals surface area contributed by atoms with Gasteiger partial charge in [0.1, 0.15) is 5.75 Å². The summed E-state index contributed by atoms with van der Waals surface area (Å²) in [4.78, 5) is 4.10. The third-order valence-electron chi connectivity index (χ3n) is 2.27. The smallest absolute Gasteiger partial charge is 0.126 e. The first kappa shape index (κ1) is 8.81. The highest BCUT2D eigenvalue weighted by Gasteiger charge is 2.04. The molecule has 0 aliphatic rings. The van der Waals surface area contributed by atoms with Crippen LogP contribution >= 0.6 is 0 Å². The molecule has 0 aliphatic carbocycles. The van der Waals surface area contributed by atoms with E-state index in [1.807, 2.05) is 31.4 Å². The van der Waals surface area contributed by atoms with Crippen LogP contribution in [0.1, 0.15) is 0 Å². The Bertz CT molecular complexity index is 411. The fraction of sp³-hybridized carbons (Fsp3) is 0.182. The maximum absolute atomic E-state index is 5.27. The lowest BCUT2D eigenvalue weighted by Crippen LogP contribution is -1.92. The monoisotopic (exact) mass is 188 g/mol. The van der Waals surface area contributed by atoms with Crippen LogP contribution in [0.5, 0.6) is 5.75 Å². The van der Waals surface area contributed by atoms with Gasteiger partial charge in [0.2, 0.25) is 0 Å². The SMILES string of the molecule is CNc1ccc(OC)c2ccncc12. The lowest BCUT2D eigenvalue weighted by atomic mass is 10.1. The molecule has 0 spiro atoms. The molecule has 1 aromatic carbocycles. The zero-order chi connectivity index (χ0) is 9.97. The first-order valence-corrected chi connectivity index (χ1v) is 4.45. The Morgan fingerprint density at radius 2 is 2.07 bits per heavy atom. The summed E-state index contributed by atoms with van der Waals surface area (Å²) in [6, 6.07) is 5.89. The molecule has 1 aromatic heterocycles. The molecule has 3 heteroatoms. The number of hydrogen-bond donors (Lipinski definition) is 1. The molecule has 0 unspecified atom stereocenters. The van der Waals surface area contributed by atoms with Gasteiger partial charge < -0.3 is 10.1 Å². The molecule has 1 N–H and O–H groups in total. The summed E-state index contributed by atoms with van der Waals surface area (Å²) < 4.78 is 5.27. The average molecular weight is 188 g/mol. The number of nitrogens with zero attached hydrogens (tertiary/aromatic N) is 1. The molecule has 1 heterocycles. The molecule has 3 nitrogen and oxygen atoms in total. The van der Waals surface area contributed by atoms with Crippen LogP contribution in [-0.2, 0) is 0 Å². The van der Waals surface area contributed by atoms with Crippen molar-refractivity contribution in [2.45, 2.75) is 0 Å². The summed E-state index contributed by atoms with van der Waals surface area (Å²) in [6.07, 6.45) is 3.61. The fourth-order valence-corrected chi connectivity index (χ4v) is 1.56. The Morgan fingerprint density at radius 3 is 2.79 bits per heavy atom. The van der Waals surface area contributed by atoms with Gasteiger partial charge in [-0.25, -0.2) is 0 Å². The molecule has 72 valence electrons. The van der Waals surface area contributed by atoms with E-state index >= 15 is 0 Å². The van der Waals surface area contributed by atoms with E-state index in [4.69, 9.17) is 4.74 Å². The lowest BCUT2D eigenvalue weighted by molar-refractivity contribution is 0.420. The summed E-state index contributed by atoms with van der Waals surface area (Å²) in [5.74, 6) is 0.876. The number of rotatable bonds is 2. The summed E-state index contributed by atoms with van der Waals surface area (Å²) in [6.45, 7) is 0. The number of hydrogen-bond acceptors (Lipinski definition) is 3. The molecule has 0 radical (unpaired) electrons. The molecule has 2 aromatic rings. The van der Waals surface area contributed by atoms with Crippen molar-refractivity contribution >= 4 is 16.5 Å². The maximum Gasteiger partial charge on any atom is 0.126 e. The number of methoxy groups -OCH3 is 1. The largest absolute Gasteiger partial charge is 0.496 e. The van der Waals surface area contributed by atoms with Crippen LogP contribution in [0.3, 0.4) is 0 Å². The van der Waals surface area contributed by atoms with E-state index in [-0.39, 0.29) is 0 Å². The summed E-state index contributed by atoms with van der Waals surface area (Å²) in [5.41, 5.74) is 1.06. The predicted octanol–water partition coefficient (Wildman–Crippen LogP) is 2.29. The van der Waals surface area contributed by atoms with E-state index in [1.165, 1.54) is 0 Å². The van der Waals surface area contributed by atoms with Crippen molar-refractivity contribution in [3.8, 4) is 5.75 Å². The molecule has 0 fully saturated rings. The fourth-order valence-electron chi connectivity index (χ4n) is 1.56. The molecular weight excluding hydrogens is 176 g/mol. The number of anilines is 1. The van der Waals surface area contributed by atoms with E-state index in [9.17, 15) is 0 Å². The maximum atomic E-state index is 5.27. The van der Waals surface area contributed by atoms with E-state index < -0.39 is 0 Å². The first-order chi connectivity index (χ1) is 6.86. The van der Waals surface area contributed by atoms with Crippen molar-refractivity contribution in [2.75, 3.05) is 19.5 Å². The van der Waals surface area contributed by atoms with Crippen molar-refractivity contribution in [1.82, 2.24) is 4.98 Å². The molecule has 0 aliphatic heterocycles. The van der Waals surface area contributed by atoms with E-state index in [2.05, 4.69) is 10.3 Å². The van der Waals surface area contributed by atoms with Gasteiger partial charge in [0.15, 0.2) is 0 Å². The molecule has 2 rings (SSSR count). The number of fused-ring (bicyclic) bond motifs is 1. The van der Waals surface area contributed by atoms with Crippen molar-refractivity contribution in [3.63, 3.8) is 0 Å². The summed E-state index contributed by atoms with van der Waals surface area (Å²) in [7, 11) is 3.57. The van der Waals surface area contributed by atoms with Gasteiger partial charge in [0, 0.05) is 35.9 Å². The van der Waals surface area contributed by atoms with Crippen LogP contribution < -0.4 is 10.1 Å². The Balaban J connectivity index is 2.78. The number of nitrogens with one attached hydrogen (secondary N) is 1. The second-order valence-corrected chi connectivity index (χ2v) is 2.99. The molecule has 0 saturated carbocycles. The zero-order valence-electron chi connectivity index (χ0n) is 8.24. The van der Waals surface area contributed by atoms with E-state index in [0.29, 0.717) is 0 Å². The molecule has 0 atom stereocenters. The van der Waals surface area contributed by atoms with Crippen LogP contribution in [-0.4, -0.2) is 19.1 Å². The van der Waals surface area contributed by atoms with Gasteiger partial charge >= 0.3 is 0 Å². The standard InChI is InChI=1S/C11H12N2O/c1-12-10-3-4-11(14-2)8-5-6-13-7-9(8)10/h3-7,12H,1-2H3. The van der Waals surface area contributed by atoms with Crippen LogP contribution in [0.15, 0.2) is 30.6 Å². The van der Waals surface area contributed by atoms with Gasteiger partial charge in [-0.15, -0.1) is 0 Å². The number of aromatic nitrogens is 1. The summed E-state index contributed by atoms with van der Waals surface area (Å²) >= 11 is 0. The first-order valence-electron chi connectivity index (χ1n) is 4.45. The van der Waals surface area contributed by atoms with Gasteiger partial charge in [0.25, 0.3) is 0 Å². The van der Waals surface area contributed by atoms with Gasteiger partial charge in [-0.05, 0) is 18.2 Å². The average Bonchev–Trinajstić information content (AvgIpc) is 2.27. The van der Waals surface area contributed by atoms with E-state index in [1.54, 1.807) is 13.3 Å². The van der Waals surface area contributed by atoms with Crippen LogP contribution in [0.2, 0.25) is 0 Å². The topological polar surface area (TPSA) is 34.1 Å². The van der Waals surface area contributed by atoms with Crippen molar-refractivity contribution < 1.29 is 4.74 Å². The third kappa shape index (κ3) is 1.27. The molecule has 0 bridgehead atoms. The molecule has 14 heavy (non-hydrogen) atoms. The highest BCUT2D eigenvalue weighted by Crippen LogP contribution is 2.30. The molecular formula is C11H12N2O. The number of benzene rings is 1. The minimum atomic E-state index is 0.876. The zero-order valence-corrected chi connectivity index (χ0v) is 8.24. The minimum absolute atomic E-state index is 0.876. The molecule has 0 amide bonds. The Hall–Kier alpha value is -1.77. The van der Waals surface area contributed by atoms with Crippen molar-refractivity contribution in [2.24, 2.45) is 0 Å². The Kier molecular flexibility index (Phi) is 2.23. The van der Waals surface area contributed by atoms with Gasteiger partial charge in [-0.2, -0.15) is 0 Å². The number of ether oxygens (including phenoxy) is 1. The van der Waals surface area contributed by atoms with Crippen molar-refractivity contribution in [3.05, 3.63) is 30.6 Å². The highest BCUT2D eigenvalue weighted by atomic mass is 16.5. The second-order valence-electron chi connectivity index (χ2n) is 2.99. The number of pyridine rings is 1. The normalized spacial score (nSPS) is 10.1. The van der Waals surface area contributed by atoms with Crippen LogP contribution in [0.4, 0.5) is 5.69 Å². The van der Waals surface area contributed by atoms with Crippen LogP contribution in [0, 0.1) is 0 Å². The van der Waals surface area contributed by atoms with Crippen molar-refractivity contribution in [1.29, 1.82) is 0 Å². The highest BCUT2D eigenvalue weighted by molar-refractivity contribution is 5.97. The van der Waals surface area contributed by atoms with Gasteiger partial charge in [-0.1, -0.05) is 0 Å². The van der Waals surface area contributed by atoms with Crippen LogP contribution in [0.25, 0.3) is 10.8 Å². The summed E-state index contributed by atoms with van der Waals surface area (Å²) in [5, 5.41) is 5.28. The van der Waals surface area contributed by atoms with E-state index in [0.717, 1.165) is 22.2 Å². The quantitative estimate of drug-likeness (QED) is 0.785. The van der Waals surface area contributed by atoms with Gasteiger partial charge in [-0.3, -0.25) is 4.98 Å². The Morgan fingerprint density at radius 1 is 1.21 bits per heavy atom. The molecule has 0 saturated heterocycles. The third-order valence-corrected chi connectivity index (χ3v) is 2.27. The minimum Gasteiger partial charge on any atom is -0.496 e. The second kappa shape index (κ2) is 3.54. The van der Waals surface area contributed by atoms with Gasteiger partial charge in [0.05, 0.1) is 7.11 Å².